The minimum Gasteiger partial charge on any atom is -0.258 e. The van der Waals surface area contributed by atoms with E-state index in [4.69, 9.17) is 0 Å². The Bertz CT molecular complexity index is 433. The van der Waals surface area contributed by atoms with Crippen molar-refractivity contribution in [1.82, 2.24) is 13.7 Å². The predicted octanol–water partition coefficient (Wildman–Crippen LogP) is 2.52. The van der Waals surface area contributed by atoms with Gasteiger partial charge in [-0.2, -0.15) is 8.75 Å². The van der Waals surface area contributed by atoms with Crippen molar-refractivity contribution in [3.63, 3.8) is 0 Å². The van der Waals surface area contributed by atoms with E-state index in [2.05, 4.69) is 27.6 Å². The molecule has 0 amide bonds. The first-order valence-electron chi connectivity index (χ1n) is 4.28. The van der Waals surface area contributed by atoms with Gasteiger partial charge in [0.2, 0.25) is 0 Å². The van der Waals surface area contributed by atoms with Crippen LogP contribution in [0.4, 0.5) is 0 Å². The molecule has 0 aliphatic carbocycles. The summed E-state index contributed by atoms with van der Waals surface area (Å²) < 4.78 is 8.52. The molecule has 0 spiro atoms. The molecule has 0 aromatic carbocycles. The maximum atomic E-state index is 4.38. The Morgan fingerprint density at radius 1 is 1.23 bits per heavy atom. The van der Waals surface area contributed by atoms with Crippen LogP contribution in [0.5, 0.6) is 0 Å². The van der Waals surface area contributed by atoms with E-state index in [9.17, 15) is 0 Å². The highest BCUT2D eigenvalue weighted by molar-refractivity contribution is 7.00. The Kier molecular flexibility index (Phi) is 2.00. The predicted molar refractivity (Wildman–Crippen MR) is 54.0 cm³/mol. The third kappa shape index (κ3) is 1.31. The maximum Gasteiger partial charge on any atom is 0.126 e. The number of rotatable bonds is 1. The number of pyridine rings is 1. The Hall–Kier alpha value is -1.03. The van der Waals surface area contributed by atoms with Gasteiger partial charge in [-0.05, 0) is 18.4 Å². The molecule has 13 heavy (non-hydrogen) atoms. The van der Waals surface area contributed by atoms with Crippen molar-refractivity contribution < 1.29 is 0 Å². The van der Waals surface area contributed by atoms with E-state index in [1.54, 1.807) is 0 Å². The lowest BCUT2D eigenvalue weighted by Gasteiger charge is -2.04. The van der Waals surface area contributed by atoms with Gasteiger partial charge < -0.3 is 0 Å². The molecule has 0 atom stereocenters. The van der Waals surface area contributed by atoms with Gasteiger partial charge in [0.1, 0.15) is 11.0 Å². The van der Waals surface area contributed by atoms with Crippen LogP contribution >= 0.6 is 11.7 Å². The lowest BCUT2D eigenvalue weighted by molar-refractivity contribution is 0.831. The van der Waals surface area contributed by atoms with Crippen molar-refractivity contribution in [2.75, 3.05) is 0 Å². The second kappa shape index (κ2) is 3.03. The van der Waals surface area contributed by atoms with Crippen LogP contribution in [0, 0.1) is 6.92 Å². The van der Waals surface area contributed by atoms with Crippen molar-refractivity contribution >= 4 is 22.8 Å². The molecule has 68 valence electrons. The molecular weight excluding hydrogens is 182 g/mol. The first-order valence-corrected chi connectivity index (χ1v) is 5.01. The number of aromatic nitrogens is 3. The van der Waals surface area contributed by atoms with E-state index in [1.807, 2.05) is 13.1 Å². The zero-order valence-electron chi connectivity index (χ0n) is 7.90. The molecule has 0 aliphatic rings. The molecule has 0 N–H and O–H groups in total. The zero-order chi connectivity index (χ0) is 9.42. The molecule has 2 heterocycles. The van der Waals surface area contributed by atoms with Crippen molar-refractivity contribution in [1.29, 1.82) is 0 Å². The largest absolute Gasteiger partial charge is 0.258 e. The van der Waals surface area contributed by atoms with E-state index in [1.165, 1.54) is 11.7 Å². The van der Waals surface area contributed by atoms with E-state index in [-0.39, 0.29) is 0 Å². The van der Waals surface area contributed by atoms with E-state index in [0.717, 1.165) is 22.3 Å². The molecule has 0 saturated carbocycles. The average Bonchev–Trinajstić information content (AvgIpc) is 2.53. The number of nitrogens with zero attached hydrogens (tertiary/aromatic N) is 3. The molecular formula is C9H11N3S. The number of fused-ring (bicyclic) bond motifs is 1. The van der Waals surface area contributed by atoms with Gasteiger partial charge in [-0.1, -0.05) is 13.8 Å². The summed E-state index contributed by atoms with van der Waals surface area (Å²) in [5.74, 6) is 0.409. The number of aryl methyl sites for hydroxylation is 1. The average molecular weight is 193 g/mol. The Morgan fingerprint density at radius 3 is 2.62 bits per heavy atom. The molecule has 0 unspecified atom stereocenters. The molecule has 2 aromatic rings. The molecule has 2 rings (SSSR count). The van der Waals surface area contributed by atoms with Crippen LogP contribution in [0.3, 0.4) is 0 Å². The Balaban J connectivity index is 2.78. The van der Waals surface area contributed by atoms with Crippen LogP contribution in [-0.2, 0) is 0 Å². The summed E-state index contributed by atoms with van der Waals surface area (Å²) in [7, 11) is 0. The third-order valence-corrected chi connectivity index (χ3v) is 2.58. The smallest absolute Gasteiger partial charge is 0.126 e. The second-order valence-electron chi connectivity index (χ2n) is 3.44. The minimum atomic E-state index is 0.409. The first-order chi connectivity index (χ1) is 6.20. The minimum absolute atomic E-state index is 0.409. The van der Waals surface area contributed by atoms with Gasteiger partial charge in [0.25, 0.3) is 0 Å². The number of hydrogen-bond acceptors (Lipinski definition) is 4. The monoisotopic (exact) mass is 193 g/mol. The fourth-order valence-electron chi connectivity index (χ4n) is 1.33. The highest BCUT2D eigenvalue weighted by Gasteiger charge is 2.11. The lowest BCUT2D eigenvalue weighted by Crippen LogP contribution is -1.95. The van der Waals surface area contributed by atoms with Crippen molar-refractivity contribution in [3.05, 3.63) is 17.5 Å². The highest BCUT2D eigenvalue weighted by atomic mass is 32.1. The quantitative estimate of drug-likeness (QED) is 0.698. The summed E-state index contributed by atoms with van der Waals surface area (Å²) in [5.41, 5.74) is 4.13. The molecule has 0 bridgehead atoms. The van der Waals surface area contributed by atoms with Crippen molar-refractivity contribution in [3.8, 4) is 0 Å². The van der Waals surface area contributed by atoms with Crippen molar-refractivity contribution in [2.45, 2.75) is 26.7 Å². The van der Waals surface area contributed by atoms with Crippen LogP contribution in [0.25, 0.3) is 11.0 Å². The second-order valence-corrected chi connectivity index (χ2v) is 3.97. The van der Waals surface area contributed by atoms with Gasteiger partial charge in [-0.15, -0.1) is 0 Å². The molecule has 0 aliphatic heterocycles. The van der Waals surface area contributed by atoms with Gasteiger partial charge in [0.15, 0.2) is 0 Å². The summed E-state index contributed by atoms with van der Waals surface area (Å²) in [6, 6.07) is 0. The number of hydrogen-bond donors (Lipinski definition) is 0. The Labute approximate surface area is 81.2 Å². The van der Waals surface area contributed by atoms with Gasteiger partial charge >= 0.3 is 0 Å². The van der Waals surface area contributed by atoms with E-state index >= 15 is 0 Å². The highest BCUT2D eigenvalue weighted by Crippen LogP contribution is 2.23. The van der Waals surface area contributed by atoms with Crippen LogP contribution in [0.1, 0.15) is 31.0 Å². The molecule has 4 heteroatoms. The third-order valence-electron chi connectivity index (χ3n) is 2.05. The van der Waals surface area contributed by atoms with Crippen LogP contribution < -0.4 is 0 Å². The molecule has 3 nitrogen and oxygen atoms in total. The molecule has 0 saturated heterocycles. The maximum absolute atomic E-state index is 4.38. The normalized spacial score (nSPS) is 11.4. The fraction of sp³-hybridized carbons (Fsp3) is 0.444. The van der Waals surface area contributed by atoms with Gasteiger partial charge in [-0.25, -0.2) is 0 Å². The van der Waals surface area contributed by atoms with Gasteiger partial charge in [-0.3, -0.25) is 4.98 Å². The summed E-state index contributed by atoms with van der Waals surface area (Å²) >= 11 is 1.26. The summed E-state index contributed by atoms with van der Waals surface area (Å²) in [5, 5.41) is 0. The Morgan fingerprint density at radius 2 is 1.92 bits per heavy atom. The van der Waals surface area contributed by atoms with E-state index < -0.39 is 0 Å². The molecule has 2 aromatic heterocycles. The molecule has 0 radical (unpaired) electrons. The van der Waals surface area contributed by atoms with E-state index in [0.29, 0.717) is 5.92 Å². The SMILES string of the molecule is Cc1cnc(C(C)C)c2nsnc12. The van der Waals surface area contributed by atoms with Gasteiger partial charge in [0.05, 0.1) is 17.4 Å². The molecule has 0 fully saturated rings. The van der Waals surface area contributed by atoms with Gasteiger partial charge in [0, 0.05) is 6.20 Å². The summed E-state index contributed by atoms with van der Waals surface area (Å²) in [4.78, 5) is 4.38. The first kappa shape index (κ1) is 8.56. The fourth-order valence-corrected chi connectivity index (χ4v) is 1.94. The topological polar surface area (TPSA) is 38.7 Å². The summed E-state index contributed by atoms with van der Waals surface area (Å²) in [6.07, 6.45) is 1.87. The van der Waals surface area contributed by atoms with Crippen LogP contribution in [-0.4, -0.2) is 13.7 Å². The van der Waals surface area contributed by atoms with Crippen LogP contribution in [0.2, 0.25) is 0 Å². The van der Waals surface area contributed by atoms with Crippen LogP contribution in [0.15, 0.2) is 6.20 Å². The van der Waals surface area contributed by atoms with Crippen molar-refractivity contribution in [2.24, 2.45) is 0 Å². The lowest BCUT2D eigenvalue weighted by atomic mass is 10.1. The standard InChI is InChI=1S/C9H11N3S/c1-5(2)7-9-8(11-13-12-9)6(3)4-10-7/h4-5H,1-3H3. The zero-order valence-corrected chi connectivity index (χ0v) is 8.72. The summed E-state index contributed by atoms with van der Waals surface area (Å²) in [6.45, 7) is 6.26.